The molecule has 0 spiro atoms. The Hall–Kier alpha value is -1.56. The van der Waals surface area contributed by atoms with E-state index in [9.17, 15) is 18.0 Å². The van der Waals surface area contributed by atoms with Gasteiger partial charge in [-0.05, 0) is 58.1 Å². The molecule has 0 heterocycles. The zero-order valence-corrected chi connectivity index (χ0v) is 14.4. The summed E-state index contributed by atoms with van der Waals surface area (Å²) in [6, 6.07) is 4.91. The van der Waals surface area contributed by atoms with E-state index in [0.29, 0.717) is 12.1 Å². The van der Waals surface area contributed by atoms with Crippen molar-refractivity contribution in [1.29, 1.82) is 0 Å². The van der Waals surface area contributed by atoms with Gasteiger partial charge in [-0.1, -0.05) is 12.8 Å². The highest BCUT2D eigenvalue weighted by molar-refractivity contribution is 5.94. The Kier molecular flexibility index (Phi) is 5.91. The summed E-state index contributed by atoms with van der Waals surface area (Å²) in [5.74, 6) is -0.190. The number of alkyl halides is 3. The zero-order valence-electron chi connectivity index (χ0n) is 14.4. The molecule has 1 aliphatic rings. The molecule has 1 fully saturated rings. The van der Waals surface area contributed by atoms with Crippen LogP contribution in [0.5, 0.6) is 0 Å². The van der Waals surface area contributed by atoms with Gasteiger partial charge in [-0.15, -0.1) is 0 Å². The molecule has 0 bridgehead atoms. The fraction of sp³-hybridized carbons (Fsp3) is 0.611. The fourth-order valence-corrected chi connectivity index (χ4v) is 3.55. The third kappa shape index (κ3) is 4.09. The molecule has 1 aromatic carbocycles. The molecule has 1 amide bonds. The van der Waals surface area contributed by atoms with Crippen LogP contribution >= 0.6 is 0 Å². The zero-order chi connectivity index (χ0) is 17.9. The molecular weight excluding hydrogens is 317 g/mol. The van der Waals surface area contributed by atoms with Gasteiger partial charge in [0, 0.05) is 24.2 Å². The maximum absolute atomic E-state index is 12.8. The summed E-state index contributed by atoms with van der Waals surface area (Å²) in [6.45, 7) is 2.47. The Balaban J connectivity index is 2.21. The molecule has 0 aliphatic heterocycles. The van der Waals surface area contributed by atoms with Crippen molar-refractivity contribution in [2.45, 2.75) is 50.9 Å². The van der Waals surface area contributed by atoms with Crippen molar-refractivity contribution in [3.8, 4) is 0 Å². The lowest BCUT2D eigenvalue weighted by atomic mass is 9.88. The first-order valence-electron chi connectivity index (χ1n) is 8.40. The van der Waals surface area contributed by atoms with Crippen LogP contribution in [0.2, 0.25) is 0 Å². The number of benzene rings is 1. The van der Waals surface area contributed by atoms with Crippen molar-refractivity contribution in [2.75, 3.05) is 20.6 Å². The van der Waals surface area contributed by atoms with Crippen LogP contribution in [0.4, 0.5) is 13.2 Å². The summed E-state index contributed by atoms with van der Waals surface area (Å²) >= 11 is 0. The number of hydrogen-bond donors (Lipinski definition) is 0. The van der Waals surface area contributed by atoms with Crippen LogP contribution in [-0.2, 0) is 6.18 Å². The standard InChI is InChI=1S/C18H25F3N2O/c1-4-23(16-8-6-5-7-15(16)22(2)3)17(24)13-9-11-14(12-10-13)18(19,20)21/h9-12,15-16H,4-8H2,1-3H3. The van der Waals surface area contributed by atoms with Crippen molar-refractivity contribution in [3.05, 3.63) is 35.4 Å². The average molecular weight is 342 g/mol. The minimum absolute atomic E-state index is 0.105. The van der Waals surface area contributed by atoms with Gasteiger partial charge in [0.15, 0.2) is 0 Å². The van der Waals surface area contributed by atoms with Gasteiger partial charge in [0.25, 0.3) is 5.91 Å². The molecule has 134 valence electrons. The minimum atomic E-state index is -4.38. The van der Waals surface area contributed by atoms with E-state index in [4.69, 9.17) is 0 Å². The maximum Gasteiger partial charge on any atom is 0.416 e. The van der Waals surface area contributed by atoms with Crippen LogP contribution in [0.1, 0.15) is 48.5 Å². The summed E-state index contributed by atoms with van der Waals surface area (Å²) in [7, 11) is 4.03. The first-order valence-corrected chi connectivity index (χ1v) is 8.40. The molecule has 0 N–H and O–H groups in total. The summed E-state index contributed by atoms with van der Waals surface area (Å²) in [5.41, 5.74) is -0.418. The Bertz CT molecular complexity index is 554. The number of likely N-dealkylation sites (N-methyl/N-ethyl adjacent to an activating group) is 2. The highest BCUT2D eigenvalue weighted by Crippen LogP contribution is 2.30. The van der Waals surface area contributed by atoms with Crippen molar-refractivity contribution in [3.63, 3.8) is 0 Å². The molecule has 2 unspecified atom stereocenters. The van der Waals surface area contributed by atoms with E-state index < -0.39 is 11.7 Å². The number of hydrogen-bond acceptors (Lipinski definition) is 2. The number of carbonyl (C=O) groups excluding carboxylic acids is 1. The second-order valence-corrected chi connectivity index (χ2v) is 6.55. The molecular formula is C18H25F3N2O. The summed E-state index contributed by atoms with van der Waals surface area (Å²) < 4.78 is 38.0. The van der Waals surface area contributed by atoms with E-state index >= 15 is 0 Å². The van der Waals surface area contributed by atoms with Crippen molar-refractivity contribution < 1.29 is 18.0 Å². The predicted molar refractivity (Wildman–Crippen MR) is 87.9 cm³/mol. The van der Waals surface area contributed by atoms with Gasteiger partial charge >= 0.3 is 6.18 Å². The van der Waals surface area contributed by atoms with Gasteiger partial charge in [0.05, 0.1) is 5.56 Å². The van der Waals surface area contributed by atoms with Crippen molar-refractivity contribution in [1.82, 2.24) is 9.80 Å². The van der Waals surface area contributed by atoms with E-state index in [2.05, 4.69) is 4.90 Å². The van der Waals surface area contributed by atoms with Crippen LogP contribution < -0.4 is 0 Å². The first-order chi connectivity index (χ1) is 11.3. The molecule has 0 aromatic heterocycles. The van der Waals surface area contributed by atoms with Gasteiger partial charge in [-0.2, -0.15) is 13.2 Å². The Morgan fingerprint density at radius 1 is 1.08 bits per heavy atom. The molecule has 24 heavy (non-hydrogen) atoms. The van der Waals surface area contributed by atoms with Crippen molar-refractivity contribution >= 4 is 5.91 Å². The van der Waals surface area contributed by atoms with E-state index in [-0.39, 0.29) is 18.0 Å². The Morgan fingerprint density at radius 3 is 2.08 bits per heavy atom. The molecule has 0 radical (unpaired) electrons. The average Bonchev–Trinajstić information content (AvgIpc) is 2.55. The van der Waals surface area contributed by atoms with Gasteiger partial charge in [-0.3, -0.25) is 4.79 Å². The lowest BCUT2D eigenvalue weighted by molar-refractivity contribution is -0.137. The van der Waals surface area contributed by atoms with Gasteiger partial charge < -0.3 is 9.80 Å². The Labute approximate surface area is 141 Å². The van der Waals surface area contributed by atoms with Gasteiger partial charge in [0.2, 0.25) is 0 Å². The lowest BCUT2D eigenvalue weighted by Crippen LogP contribution is -2.53. The summed E-state index contributed by atoms with van der Waals surface area (Å²) in [4.78, 5) is 16.8. The highest BCUT2D eigenvalue weighted by atomic mass is 19.4. The minimum Gasteiger partial charge on any atom is -0.334 e. The number of halogens is 3. The van der Waals surface area contributed by atoms with E-state index in [1.54, 1.807) is 0 Å². The second kappa shape index (κ2) is 7.55. The third-order valence-corrected chi connectivity index (χ3v) is 4.82. The first kappa shape index (κ1) is 18.8. The van der Waals surface area contributed by atoms with E-state index in [0.717, 1.165) is 37.8 Å². The smallest absolute Gasteiger partial charge is 0.334 e. The maximum atomic E-state index is 12.8. The topological polar surface area (TPSA) is 23.6 Å². The molecule has 1 saturated carbocycles. The van der Waals surface area contributed by atoms with Gasteiger partial charge in [-0.25, -0.2) is 0 Å². The molecule has 6 heteroatoms. The predicted octanol–water partition coefficient (Wildman–Crippen LogP) is 4.04. The third-order valence-electron chi connectivity index (χ3n) is 4.82. The summed E-state index contributed by atoms with van der Waals surface area (Å²) in [6.07, 6.45) is -0.194. The van der Waals surface area contributed by atoms with Gasteiger partial charge in [0.1, 0.15) is 0 Å². The number of carbonyl (C=O) groups is 1. The van der Waals surface area contributed by atoms with Crippen LogP contribution in [0, 0.1) is 0 Å². The molecule has 2 atom stereocenters. The van der Waals surface area contributed by atoms with Crippen LogP contribution in [-0.4, -0.2) is 48.4 Å². The SMILES string of the molecule is CCN(C(=O)c1ccc(C(F)(F)F)cc1)C1CCCCC1N(C)C. The van der Waals surface area contributed by atoms with Crippen molar-refractivity contribution in [2.24, 2.45) is 0 Å². The monoisotopic (exact) mass is 342 g/mol. The fourth-order valence-electron chi connectivity index (χ4n) is 3.55. The highest BCUT2D eigenvalue weighted by Gasteiger charge is 2.34. The summed E-state index contributed by atoms with van der Waals surface area (Å²) in [5, 5.41) is 0. The van der Waals surface area contributed by atoms with E-state index in [1.165, 1.54) is 12.1 Å². The number of amides is 1. The lowest BCUT2D eigenvalue weighted by Gasteiger charge is -2.42. The van der Waals surface area contributed by atoms with E-state index in [1.807, 2.05) is 25.9 Å². The number of rotatable bonds is 4. The molecule has 3 nitrogen and oxygen atoms in total. The number of nitrogens with zero attached hydrogens (tertiary/aromatic N) is 2. The Morgan fingerprint density at radius 2 is 1.62 bits per heavy atom. The normalized spacial score (nSPS) is 21.8. The van der Waals surface area contributed by atoms with Crippen LogP contribution in [0.15, 0.2) is 24.3 Å². The second-order valence-electron chi connectivity index (χ2n) is 6.55. The molecule has 0 saturated heterocycles. The molecule has 1 aliphatic carbocycles. The van der Waals surface area contributed by atoms with Crippen LogP contribution in [0.25, 0.3) is 0 Å². The molecule has 2 rings (SSSR count). The quantitative estimate of drug-likeness (QED) is 0.824. The largest absolute Gasteiger partial charge is 0.416 e. The molecule has 1 aromatic rings. The van der Waals surface area contributed by atoms with Crippen LogP contribution in [0.3, 0.4) is 0 Å².